The Morgan fingerprint density at radius 3 is 2.75 bits per heavy atom. The van der Waals surface area contributed by atoms with E-state index >= 15 is 0 Å². The Morgan fingerprint density at radius 1 is 1.50 bits per heavy atom. The van der Waals surface area contributed by atoms with E-state index in [9.17, 15) is 9.59 Å². The molecule has 0 aliphatic heterocycles. The molecule has 1 aromatic rings. The largest absolute Gasteiger partial charge is 0.478 e. The molecule has 0 spiro atoms. The highest BCUT2D eigenvalue weighted by Gasteiger charge is 2.10. The van der Waals surface area contributed by atoms with Gasteiger partial charge in [0.2, 0.25) is 5.91 Å². The van der Waals surface area contributed by atoms with E-state index in [2.05, 4.69) is 26.0 Å². The summed E-state index contributed by atoms with van der Waals surface area (Å²) in [5.74, 6) is -1.39. The molecule has 0 aromatic heterocycles. The number of carboxylic acids is 1. The van der Waals surface area contributed by atoms with Crippen LogP contribution in [0.5, 0.6) is 0 Å². The van der Waals surface area contributed by atoms with Crippen molar-refractivity contribution in [2.24, 2.45) is 0 Å². The summed E-state index contributed by atoms with van der Waals surface area (Å²) in [6.45, 7) is -0.0710. The van der Waals surface area contributed by atoms with Crippen molar-refractivity contribution in [2.75, 3.05) is 19.0 Å². The van der Waals surface area contributed by atoms with Gasteiger partial charge in [0.1, 0.15) is 6.61 Å². The summed E-state index contributed by atoms with van der Waals surface area (Å²) in [7, 11) is 1.41. The molecule has 1 rings (SSSR count). The summed E-state index contributed by atoms with van der Waals surface area (Å²) in [5, 5.41) is 11.4. The Bertz CT molecular complexity index is 419. The predicted octanol–water partition coefficient (Wildman–Crippen LogP) is 1.73. The van der Waals surface area contributed by atoms with Gasteiger partial charge in [0.05, 0.1) is 5.56 Å². The van der Waals surface area contributed by atoms with Gasteiger partial charge in [0.25, 0.3) is 0 Å². The standard InChI is InChI=1S/C10H10BrNO4/c1-16-5-9(13)12-6-2-3-8(11)7(4-6)10(14)15/h2-4H,5H2,1H3,(H,12,13)(H,14,15). The lowest BCUT2D eigenvalue weighted by Crippen LogP contribution is -2.17. The Kier molecular flexibility index (Phi) is 4.45. The van der Waals surface area contributed by atoms with Gasteiger partial charge >= 0.3 is 5.97 Å². The number of hydrogen-bond donors (Lipinski definition) is 2. The van der Waals surface area contributed by atoms with Crippen LogP contribution in [0.4, 0.5) is 5.69 Å². The number of carboxylic acid groups (broad SMARTS) is 1. The first-order chi connectivity index (χ1) is 7.54. The van der Waals surface area contributed by atoms with Crippen LogP contribution in [0, 0.1) is 0 Å². The van der Waals surface area contributed by atoms with Gasteiger partial charge in [0.15, 0.2) is 0 Å². The topological polar surface area (TPSA) is 75.6 Å². The number of hydrogen-bond acceptors (Lipinski definition) is 3. The molecule has 0 atom stereocenters. The molecule has 0 saturated carbocycles. The smallest absolute Gasteiger partial charge is 0.336 e. The van der Waals surface area contributed by atoms with E-state index in [1.54, 1.807) is 12.1 Å². The summed E-state index contributed by atoms with van der Waals surface area (Å²) in [6, 6.07) is 4.54. The Morgan fingerprint density at radius 2 is 2.19 bits per heavy atom. The number of amides is 1. The van der Waals surface area contributed by atoms with Crippen molar-refractivity contribution < 1.29 is 19.4 Å². The van der Waals surface area contributed by atoms with E-state index in [4.69, 9.17) is 5.11 Å². The maximum absolute atomic E-state index is 11.2. The molecule has 0 fully saturated rings. The number of ether oxygens (including phenoxy) is 1. The highest BCUT2D eigenvalue weighted by Crippen LogP contribution is 2.21. The van der Waals surface area contributed by atoms with Crippen LogP contribution in [0.1, 0.15) is 10.4 Å². The predicted molar refractivity (Wildman–Crippen MR) is 61.6 cm³/mol. The minimum atomic E-state index is -1.06. The fraction of sp³-hybridized carbons (Fsp3) is 0.200. The normalized spacial score (nSPS) is 9.88. The molecule has 0 unspecified atom stereocenters. The molecule has 86 valence electrons. The lowest BCUT2D eigenvalue weighted by atomic mass is 10.2. The summed E-state index contributed by atoms with van der Waals surface area (Å²) < 4.78 is 5.10. The van der Waals surface area contributed by atoms with E-state index in [0.29, 0.717) is 10.2 Å². The van der Waals surface area contributed by atoms with Crippen LogP contribution in [-0.2, 0) is 9.53 Å². The molecule has 1 amide bonds. The molecule has 0 saturated heterocycles. The van der Waals surface area contributed by atoms with Gasteiger partial charge in [0, 0.05) is 17.3 Å². The molecular formula is C10H10BrNO4. The first-order valence-electron chi connectivity index (χ1n) is 4.36. The molecule has 5 nitrogen and oxygen atoms in total. The fourth-order valence-corrected chi connectivity index (χ4v) is 1.51. The molecule has 0 aliphatic rings. The van der Waals surface area contributed by atoms with E-state index < -0.39 is 5.97 Å². The van der Waals surface area contributed by atoms with Crippen LogP contribution in [0.15, 0.2) is 22.7 Å². The highest BCUT2D eigenvalue weighted by atomic mass is 79.9. The lowest BCUT2D eigenvalue weighted by Gasteiger charge is -2.06. The van der Waals surface area contributed by atoms with Crippen molar-refractivity contribution in [1.29, 1.82) is 0 Å². The van der Waals surface area contributed by atoms with Crippen LogP contribution < -0.4 is 5.32 Å². The monoisotopic (exact) mass is 287 g/mol. The molecule has 1 aromatic carbocycles. The van der Waals surface area contributed by atoms with Gasteiger partial charge in [-0.25, -0.2) is 4.79 Å². The first-order valence-corrected chi connectivity index (χ1v) is 5.15. The Balaban J connectivity index is 2.87. The Labute approximate surface area is 101 Å². The van der Waals surface area contributed by atoms with Gasteiger partial charge in [-0.2, -0.15) is 0 Å². The second kappa shape index (κ2) is 5.62. The first kappa shape index (κ1) is 12.7. The van der Waals surface area contributed by atoms with Crippen molar-refractivity contribution in [3.05, 3.63) is 28.2 Å². The zero-order chi connectivity index (χ0) is 12.1. The van der Waals surface area contributed by atoms with Gasteiger partial charge in [-0.1, -0.05) is 0 Å². The summed E-state index contributed by atoms with van der Waals surface area (Å²) in [4.78, 5) is 22.0. The number of nitrogens with one attached hydrogen (secondary N) is 1. The van der Waals surface area contributed by atoms with Crippen LogP contribution in [-0.4, -0.2) is 30.7 Å². The van der Waals surface area contributed by atoms with E-state index in [1.165, 1.54) is 13.2 Å². The fourth-order valence-electron chi connectivity index (χ4n) is 1.10. The number of aromatic carboxylic acids is 1. The molecule has 0 bridgehead atoms. The average Bonchev–Trinajstić information content (AvgIpc) is 2.21. The number of benzene rings is 1. The van der Waals surface area contributed by atoms with Gasteiger partial charge < -0.3 is 15.2 Å². The number of methoxy groups -OCH3 is 1. The van der Waals surface area contributed by atoms with E-state index in [1.807, 2.05) is 0 Å². The van der Waals surface area contributed by atoms with Gasteiger partial charge in [-0.3, -0.25) is 4.79 Å². The minimum absolute atomic E-state index is 0.0710. The van der Waals surface area contributed by atoms with Crippen molar-refractivity contribution in [1.82, 2.24) is 0 Å². The maximum Gasteiger partial charge on any atom is 0.336 e. The molecule has 0 radical (unpaired) electrons. The third kappa shape index (κ3) is 3.32. The zero-order valence-electron chi connectivity index (χ0n) is 8.49. The third-order valence-electron chi connectivity index (χ3n) is 1.76. The number of carbonyl (C=O) groups is 2. The van der Waals surface area contributed by atoms with Gasteiger partial charge in [-0.15, -0.1) is 0 Å². The van der Waals surface area contributed by atoms with Crippen LogP contribution in [0.2, 0.25) is 0 Å². The number of carbonyl (C=O) groups excluding carboxylic acids is 1. The minimum Gasteiger partial charge on any atom is -0.478 e. The Hall–Kier alpha value is -1.40. The van der Waals surface area contributed by atoms with Gasteiger partial charge in [-0.05, 0) is 34.1 Å². The van der Waals surface area contributed by atoms with E-state index in [0.717, 1.165) is 0 Å². The summed E-state index contributed by atoms with van der Waals surface area (Å²) in [5.41, 5.74) is 0.512. The van der Waals surface area contributed by atoms with Crippen LogP contribution in [0.25, 0.3) is 0 Å². The molecule has 16 heavy (non-hydrogen) atoms. The summed E-state index contributed by atoms with van der Waals surface area (Å²) >= 11 is 3.11. The van der Waals surface area contributed by atoms with Crippen molar-refractivity contribution >= 4 is 33.5 Å². The molecule has 6 heteroatoms. The van der Waals surface area contributed by atoms with Crippen molar-refractivity contribution in [2.45, 2.75) is 0 Å². The average molecular weight is 288 g/mol. The zero-order valence-corrected chi connectivity index (χ0v) is 10.1. The molecule has 2 N–H and O–H groups in total. The third-order valence-corrected chi connectivity index (χ3v) is 2.45. The molecular weight excluding hydrogens is 278 g/mol. The second-order valence-corrected chi connectivity index (χ2v) is 3.84. The lowest BCUT2D eigenvalue weighted by molar-refractivity contribution is -0.119. The SMILES string of the molecule is COCC(=O)Nc1ccc(Br)c(C(=O)O)c1. The van der Waals surface area contributed by atoms with Crippen LogP contribution in [0.3, 0.4) is 0 Å². The summed E-state index contributed by atoms with van der Waals surface area (Å²) in [6.07, 6.45) is 0. The quantitative estimate of drug-likeness (QED) is 0.884. The number of halogens is 1. The molecule has 0 heterocycles. The van der Waals surface area contributed by atoms with Crippen LogP contribution >= 0.6 is 15.9 Å². The number of anilines is 1. The maximum atomic E-state index is 11.2. The second-order valence-electron chi connectivity index (χ2n) is 2.98. The number of rotatable bonds is 4. The highest BCUT2D eigenvalue weighted by molar-refractivity contribution is 9.10. The van der Waals surface area contributed by atoms with E-state index in [-0.39, 0.29) is 18.1 Å². The van der Waals surface area contributed by atoms with Crippen molar-refractivity contribution in [3.63, 3.8) is 0 Å². The van der Waals surface area contributed by atoms with Crippen molar-refractivity contribution in [3.8, 4) is 0 Å². The molecule has 0 aliphatic carbocycles.